The van der Waals surface area contributed by atoms with Crippen LogP contribution in [0.2, 0.25) is 0 Å². The van der Waals surface area contributed by atoms with Crippen molar-refractivity contribution in [1.29, 1.82) is 0 Å². The molecule has 0 bridgehead atoms. The molecule has 3 atom stereocenters. The maximum atomic E-state index is 6.02. The van der Waals surface area contributed by atoms with E-state index in [0.29, 0.717) is 17.7 Å². The van der Waals surface area contributed by atoms with E-state index >= 15 is 0 Å². The summed E-state index contributed by atoms with van der Waals surface area (Å²) in [5, 5.41) is 3.66. The molecule has 2 fully saturated rings. The average molecular weight is 239 g/mol. The zero-order valence-electron chi connectivity index (χ0n) is 12.0. The van der Waals surface area contributed by atoms with Crippen molar-refractivity contribution in [3.05, 3.63) is 0 Å². The van der Waals surface area contributed by atoms with E-state index in [1.54, 1.807) is 0 Å². The zero-order chi connectivity index (χ0) is 12.5. The molecule has 3 unspecified atom stereocenters. The fourth-order valence-electron chi connectivity index (χ4n) is 3.52. The van der Waals surface area contributed by atoms with E-state index in [1.807, 2.05) is 0 Å². The molecule has 1 saturated heterocycles. The summed E-state index contributed by atoms with van der Waals surface area (Å²) in [5.41, 5.74) is 0.300. The highest BCUT2D eigenvalue weighted by molar-refractivity contribution is 4.95. The Hall–Kier alpha value is -0.0800. The lowest BCUT2D eigenvalue weighted by atomic mass is 9.68. The Morgan fingerprint density at radius 3 is 2.41 bits per heavy atom. The van der Waals surface area contributed by atoms with Gasteiger partial charge in [0, 0.05) is 18.7 Å². The highest BCUT2D eigenvalue weighted by Crippen LogP contribution is 2.46. The highest BCUT2D eigenvalue weighted by atomic mass is 16.5. The first kappa shape index (κ1) is 13.4. The highest BCUT2D eigenvalue weighted by Gasteiger charge is 2.44. The van der Waals surface area contributed by atoms with Gasteiger partial charge in [-0.25, -0.2) is 0 Å². The first-order chi connectivity index (χ1) is 8.02. The van der Waals surface area contributed by atoms with Gasteiger partial charge in [0.1, 0.15) is 0 Å². The largest absolute Gasteiger partial charge is 0.375 e. The molecule has 1 heterocycles. The predicted octanol–water partition coefficient (Wildman–Crippen LogP) is 3.36. The minimum atomic E-state index is 0.300. The van der Waals surface area contributed by atoms with Crippen LogP contribution < -0.4 is 5.32 Å². The van der Waals surface area contributed by atoms with Gasteiger partial charge in [-0.2, -0.15) is 0 Å². The summed E-state index contributed by atoms with van der Waals surface area (Å²) in [5.74, 6) is 1.61. The quantitative estimate of drug-likeness (QED) is 0.812. The third-order valence-corrected chi connectivity index (χ3v) is 4.92. The van der Waals surface area contributed by atoms with Crippen LogP contribution in [0, 0.1) is 11.8 Å². The van der Waals surface area contributed by atoms with Crippen molar-refractivity contribution >= 4 is 0 Å². The van der Waals surface area contributed by atoms with Crippen LogP contribution in [0.5, 0.6) is 0 Å². The molecule has 1 spiro atoms. The van der Waals surface area contributed by atoms with Crippen LogP contribution in [0.1, 0.15) is 59.8 Å². The molecular weight excluding hydrogens is 210 g/mol. The maximum absolute atomic E-state index is 6.02. The van der Waals surface area contributed by atoms with Crippen molar-refractivity contribution in [3.63, 3.8) is 0 Å². The number of rotatable bonds is 4. The Bertz CT molecular complexity index is 247. The molecule has 100 valence electrons. The Labute approximate surface area is 107 Å². The lowest BCUT2D eigenvalue weighted by Crippen LogP contribution is -2.49. The fraction of sp³-hybridized carbons (Fsp3) is 1.00. The van der Waals surface area contributed by atoms with Crippen molar-refractivity contribution in [2.24, 2.45) is 11.8 Å². The predicted molar refractivity (Wildman–Crippen MR) is 72.2 cm³/mol. The fourth-order valence-corrected chi connectivity index (χ4v) is 3.52. The summed E-state index contributed by atoms with van der Waals surface area (Å²) < 4.78 is 6.02. The molecule has 1 aliphatic carbocycles. The summed E-state index contributed by atoms with van der Waals surface area (Å²) in [6, 6.07) is 1.21. The molecule has 2 aliphatic rings. The molecular formula is C15H29NO. The number of ether oxygens (including phenoxy) is 1. The number of hydrogen-bond acceptors (Lipinski definition) is 2. The molecule has 0 amide bonds. The van der Waals surface area contributed by atoms with Crippen molar-refractivity contribution in [2.75, 3.05) is 6.61 Å². The normalized spacial score (nSPS) is 31.2. The molecule has 2 nitrogen and oxygen atoms in total. The van der Waals surface area contributed by atoms with E-state index in [1.165, 1.54) is 32.1 Å². The van der Waals surface area contributed by atoms with E-state index in [2.05, 4.69) is 33.0 Å². The first-order valence-corrected chi connectivity index (χ1v) is 7.42. The maximum Gasteiger partial charge on any atom is 0.0685 e. The van der Waals surface area contributed by atoms with E-state index in [4.69, 9.17) is 4.74 Å². The standard InChI is InChI=1S/C15H29NO/c1-11(2)16-13(4)12(3)14-6-9-17-15(10-14)7-5-8-15/h11-14,16H,5-10H2,1-4H3. The Kier molecular flexibility index (Phi) is 4.14. The van der Waals surface area contributed by atoms with Crippen LogP contribution in [0.3, 0.4) is 0 Å². The van der Waals surface area contributed by atoms with E-state index in [9.17, 15) is 0 Å². The van der Waals surface area contributed by atoms with Gasteiger partial charge in [-0.1, -0.05) is 20.8 Å². The third-order valence-electron chi connectivity index (χ3n) is 4.92. The average Bonchev–Trinajstić information content (AvgIpc) is 2.25. The van der Waals surface area contributed by atoms with Crippen LogP contribution >= 0.6 is 0 Å². The molecule has 2 rings (SSSR count). The Morgan fingerprint density at radius 2 is 1.88 bits per heavy atom. The van der Waals surface area contributed by atoms with Gasteiger partial charge < -0.3 is 10.1 Å². The van der Waals surface area contributed by atoms with Crippen molar-refractivity contribution in [3.8, 4) is 0 Å². The van der Waals surface area contributed by atoms with E-state index < -0.39 is 0 Å². The summed E-state index contributed by atoms with van der Waals surface area (Å²) in [6.07, 6.45) is 6.55. The smallest absolute Gasteiger partial charge is 0.0685 e. The van der Waals surface area contributed by atoms with Crippen LogP contribution in [-0.2, 0) is 4.74 Å². The number of hydrogen-bond donors (Lipinski definition) is 1. The summed E-state index contributed by atoms with van der Waals surface area (Å²) in [4.78, 5) is 0. The Balaban J connectivity index is 1.87. The lowest BCUT2D eigenvalue weighted by Gasteiger charge is -2.49. The van der Waals surface area contributed by atoms with E-state index in [0.717, 1.165) is 18.4 Å². The van der Waals surface area contributed by atoms with Crippen molar-refractivity contribution < 1.29 is 4.74 Å². The minimum absolute atomic E-state index is 0.300. The van der Waals surface area contributed by atoms with Gasteiger partial charge in [0.25, 0.3) is 0 Å². The summed E-state index contributed by atoms with van der Waals surface area (Å²) in [7, 11) is 0. The van der Waals surface area contributed by atoms with Gasteiger partial charge in [0.2, 0.25) is 0 Å². The third kappa shape index (κ3) is 3.03. The molecule has 1 N–H and O–H groups in total. The zero-order valence-corrected chi connectivity index (χ0v) is 12.0. The van der Waals surface area contributed by atoms with E-state index in [-0.39, 0.29) is 0 Å². The molecule has 0 aromatic heterocycles. The minimum Gasteiger partial charge on any atom is -0.375 e. The van der Waals surface area contributed by atoms with Gasteiger partial charge in [-0.15, -0.1) is 0 Å². The summed E-state index contributed by atoms with van der Waals surface area (Å²) >= 11 is 0. The molecule has 0 aromatic rings. The molecule has 1 saturated carbocycles. The van der Waals surface area contributed by atoms with Gasteiger partial charge in [0.05, 0.1) is 5.60 Å². The molecule has 1 aliphatic heterocycles. The van der Waals surface area contributed by atoms with Crippen LogP contribution in [0.15, 0.2) is 0 Å². The van der Waals surface area contributed by atoms with Crippen molar-refractivity contribution in [2.45, 2.75) is 77.5 Å². The first-order valence-electron chi connectivity index (χ1n) is 7.42. The molecule has 17 heavy (non-hydrogen) atoms. The second-order valence-corrected chi connectivity index (χ2v) is 6.61. The van der Waals surface area contributed by atoms with Crippen LogP contribution in [-0.4, -0.2) is 24.3 Å². The number of nitrogens with one attached hydrogen (secondary N) is 1. The van der Waals surface area contributed by atoms with Gasteiger partial charge in [-0.05, 0) is 50.9 Å². The summed E-state index contributed by atoms with van der Waals surface area (Å²) in [6.45, 7) is 10.2. The van der Waals surface area contributed by atoms with Gasteiger partial charge in [-0.3, -0.25) is 0 Å². The molecule has 0 radical (unpaired) electrons. The molecule has 0 aromatic carbocycles. The topological polar surface area (TPSA) is 21.3 Å². The van der Waals surface area contributed by atoms with Crippen LogP contribution in [0.25, 0.3) is 0 Å². The second kappa shape index (κ2) is 5.27. The second-order valence-electron chi connectivity index (χ2n) is 6.61. The Morgan fingerprint density at radius 1 is 1.18 bits per heavy atom. The monoisotopic (exact) mass is 239 g/mol. The van der Waals surface area contributed by atoms with Crippen molar-refractivity contribution in [1.82, 2.24) is 5.32 Å². The van der Waals surface area contributed by atoms with Gasteiger partial charge >= 0.3 is 0 Å². The molecule has 2 heteroatoms. The van der Waals surface area contributed by atoms with Gasteiger partial charge in [0.15, 0.2) is 0 Å². The SMILES string of the molecule is CC(C)NC(C)C(C)C1CCOC2(CCC2)C1. The lowest BCUT2D eigenvalue weighted by molar-refractivity contribution is -0.150. The van der Waals surface area contributed by atoms with Crippen LogP contribution in [0.4, 0.5) is 0 Å².